The van der Waals surface area contributed by atoms with E-state index in [4.69, 9.17) is 11.6 Å². The van der Waals surface area contributed by atoms with Crippen molar-refractivity contribution in [2.45, 2.75) is 26.1 Å². The van der Waals surface area contributed by atoms with Gasteiger partial charge in [0.25, 0.3) is 11.8 Å². The first-order valence-corrected chi connectivity index (χ1v) is 10.2. The van der Waals surface area contributed by atoms with Crippen molar-refractivity contribution < 1.29 is 22.8 Å². The lowest BCUT2D eigenvalue weighted by Crippen LogP contribution is -2.29. The van der Waals surface area contributed by atoms with Crippen molar-refractivity contribution in [3.8, 4) is 5.82 Å². The first kappa shape index (κ1) is 24.2. The van der Waals surface area contributed by atoms with Crippen LogP contribution >= 0.6 is 11.6 Å². The molecule has 1 atom stereocenters. The Bertz CT molecular complexity index is 1160. The van der Waals surface area contributed by atoms with Gasteiger partial charge in [0.1, 0.15) is 6.33 Å². The third kappa shape index (κ3) is 5.48. The van der Waals surface area contributed by atoms with Gasteiger partial charge < -0.3 is 10.2 Å². The van der Waals surface area contributed by atoms with E-state index < -0.39 is 23.7 Å². The fraction of sp³-hybridized carbons (Fsp3) is 0.286. The molecule has 0 spiro atoms. The second kappa shape index (κ2) is 9.57. The highest BCUT2D eigenvalue weighted by Crippen LogP contribution is 2.32. The first-order chi connectivity index (χ1) is 15.5. The second-order valence-electron chi connectivity index (χ2n) is 7.18. The van der Waals surface area contributed by atoms with Gasteiger partial charge in [0.2, 0.25) is 0 Å². The molecule has 3 rings (SSSR count). The van der Waals surface area contributed by atoms with Crippen molar-refractivity contribution in [2.24, 2.45) is 0 Å². The fourth-order valence-corrected chi connectivity index (χ4v) is 3.19. The van der Waals surface area contributed by atoms with Gasteiger partial charge in [0.15, 0.2) is 11.6 Å². The van der Waals surface area contributed by atoms with Crippen LogP contribution in [-0.4, -0.2) is 50.1 Å². The number of nitrogens with zero attached hydrogens (tertiary/aromatic N) is 5. The zero-order valence-corrected chi connectivity index (χ0v) is 18.6. The van der Waals surface area contributed by atoms with E-state index in [1.807, 2.05) is 6.92 Å². The smallest absolute Gasteiger partial charge is 0.342 e. The normalized spacial score (nSPS) is 12.3. The van der Waals surface area contributed by atoms with Crippen LogP contribution in [0.2, 0.25) is 5.02 Å². The van der Waals surface area contributed by atoms with Gasteiger partial charge in [0, 0.05) is 30.4 Å². The number of carbonyl (C=O) groups excluding carboxylic acids is 2. The number of benzene rings is 1. The highest BCUT2D eigenvalue weighted by Gasteiger charge is 2.32. The van der Waals surface area contributed by atoms with Gasteiger partial charge in [-0.15, -0.1) is 0 Å². The highest BCUT2D eigenvalue weighted by molar-refractivity contribution is 6.31. The second-order valence-corrected chi connectivity index (χ2v) is 7.61. The SMILES string of the molecule is CCN(C)C(=O)c1ccc(-n2ncnc2[C@H](C)NC(=O)c2cc(Cl)cc(C(F)(F)F)c2)nc1. The van der Waals surface area contributed by atoms with Crippen LogP contribution in [0.4, 0.5) is 13.2 Å². The largest absolute Gasteiger partial charge is 0.416 e. The van der Waals surface area contributed by atoms with Gasteiger partial charge in [-0.25, -0.2) is 9.97 Å². The molecule has 8 nitrogen and oxygen atoms in total. The number of nitrogens with one attached hydrogen (secondary N) is 1. The number of alkyl halides is 3. The molecular weight excluding hydrogens is 461 g/mol. The zero-order chi connectivity index (χ0) is 24.3. The maximum absolute atomic E-state index is 13.0. The predicted molar refractivity (Wildman–Crippen MR) is 114 cm³/mol. The summed E-state index contributed by atoms with van der Waals surface area (Å²) in [5.41, 5.74) is -0.871. The van der Waals surface area contributed by atoms with E-state index in [1.165, 1.54) is 22.1 Å². The topological polar surface area (TPSA) is 93.0 Å². The van der Waals surface area contributed by atoms with E-state index in [0.29, 0.717) is 23.8 Å². The molecular formula is C21H20ClF3N6O2. The summed E-state index contributed by atoms with van der Waals surface area (Å²) in [5, 5.41) is 6.48. The minimum atomic E-state index is -4.64. The highest BCUT2D eigenvalue weighted by atomic mass is 35.5. The third-order valence-corrected chi connectivity index (χ3v) is 5.05. The molecule has 0 saturated heterocycles. The van der Waals surface area contributed by atoms with Crippen LogP contribution in [0.25, 0.3) is 5.82 Å². The van der Waals surface area contributed by atoms with Crippen LogP contribution in [0.15, 0.2) is 42.9 Å². The molecule has 0 saturated carbocycles. The summed E-state index contributed by atoms with van der Waals surface area (Å²) in [5.74, 6) is -0.308. The van der Waals surface area contributed by atoms with Gasteiger partial charge >= 0.3 is 6.18 Å². The number of carbonyl (C=O) groups is 2. The lowest BCUT2D eigenvalue weighted by Gasteiger charge is -2.16. The number of halogens is 4. The van der Waals surface area contributed by atoms with Crippen LogP contribution < -0.4 is 5.32 Å². The molecule has 2 heterocycles. The molecule has 0 unspecified atom stereocenters. The van der Waals surface area contributed by atoms with Gasteiger partial charge in [0.05, 0.1) is 17.2 Å². The summed E-state index contributed by atoms with van der Waals surface area (Å²) < 4.78 is 40.5. The monoisotopic (exact) mass is 480 g/mol. The number of amides is 2. The van der Waals surface area contributed by atoms with Crippen molar-refractivity contribution in [2.75, 3.05) is 13.6 Å². The molecule has 2 amide bonds. The molecule has 0 bridgehead atoms. The molecule has 0 fully saturated rings. The molecule has 33 heavy (non-hydrogen) atoms. The van der Waals surface area contributed by atoms with Crippen molar-refractivity contribution in [3.63, 3.8) is 0 Å². The number of hydrogen-bond donors (Lipinski definition) is 1. The molecule has 1 aromatic carbocycles. The van der Waals surface area contributed by atoms with Crippen molar-refractivity contribution >= 4 is 23.4 Å². The number of aromatic nitrogens is 4. The summed E-state index contributed by atoms with van der Waals surface area (Å²) in [4.78, 5) is 34.7. The van der Waals surface area contributed by atoms with Crippen LogP contribution in [0, 0.1) is 0 Å². The van der Waals surface area contributed by atoms with Crippen molar-refractivity contribution in [1.29, 1.82) is 0 Å². The van der Waals surface area contributed by atoms with Crippen molar-refractivity contribution in [1.82, 2.24) is 30.0 Å². The quantitative estimate of drug-likeness (QED) is 0.577. The van der Waals surface area contributed by atoms with E-state index in [1.54, 1.807) is 26.1 Å². The maximum atomic E-state index is 13.0. The summed E-state index contributed by atoms with van der Waals surface area (Å²) >= 11 is 5.76. The lowest BCUT2D eigenvalue weighted by atomic mass is 10.1. The van der Waals surface area contributed by atoms with E-state index in [2.05, 4.69) is 20.4 Å². The lowest BCUT2D eigenvalue weighted by molar-refractivity contribution is -0.137. The Hall–Kier alpha value is -3.47. The molecule has 0 aliphatic heterocycles. The Morgan fingerprint density at radius 1 is 1.18 bits per heavy atom. The molecule has 1 N–H and O–H groups in total. The molecule has 0 aliphatic rings. The molecule has 174 valence electrons. The van der Waals surface area contributed by atoms with Crippen LogP contribution in [0.3, 0.4) is 0 Å². The van der Waals surface area contributed by atoms with Crippen LogP contribution in [0.5, 0.6) is 0 Å². The summed E-state index contributed by atoms with van der Waals surface area (Å²) in [7, 11) is 1.67. The predicted octanol–water partition coefficient (Wildman–Crippen LogP) is 3.92. The van der Waals surface area contributed by atoms with Gasteiger partial charge in [-0.3, -0.25) is 9.59 Å². The average Bonchev–Trinajstić information content (AvgIpc) is 3.27. The molecule has 0 aliphatic carbocycles. The Kier molecular flexibility index (Phi) is 7.01. The van der Waals surface area contributed by atoms with E-state index in [9.17, 15) is 22.8 Å². The van der Waals surface area contributed by atoms with E-state index >= 15 is 0 Å². The van der Waals surface area contributed by atoms with E-state index in [-0.39, 0.29) is 16.5 Å². The molecule has 0 radical (unpaired) electrons. The minimum absolute atomic E-state index is 0.184. The summed E-state index contributed by atoms with van der Waals surface area (Å²) in [6.45, 7) is 3.99. The number of pyridine rings is 1. The first-order valence-electron chi connectivity index (χ1n) is 9.81. The Balaban J connectivity index is 1.80. The standard InChI is InChI=1S/C21H20ClF3N6O2/c1-4-30(3)20(33)13-5-6-17(26-10-13)31-18(27-11-28-31)12(2)29-19(32)14-7-15(21(23,24)25)9-16(22)8-14/h5-12H,4H2,1-3H3,(H,29,32)/t12-/m0/s1. The molecule has 3 aromatic rings. The van der Waals surface area contributed by atoms with Gasteiger partial charge in [-0.2, -0.15) is 23.0 Å². The van der Waals surface area contributed by atoms with Crippen LogP contribution in [-0.2, 0) is 6.18 Å². The Morgan fingerprint density at radius 2 is 1.91 bits per heavy atom. The summed E-state index contributed by atoms with van der Waals surface area (Å²) in [6, 6.07) is 5.06. The third-order valence-electron chi connectivity index (χ3n) is 4.83. The fourth-order valence-electron chi connectivity index (χ4n) is 2.95. The number of rotatable bonds is 6. The minimum Gasteiger partial charge on any atom is -0.342 e. The zero-order valence-electron chi connectivity index (χ0n) is 17.9. The molecule has 12 heteroatoms. The van der Waals surface area contributed by atoms with E-state index in [0.717, 1.165) is 18.2 Å². The average molecular weight is 481 g/mol. The Morgan fingerprint density at radius 3 is 2.52 bits per heavy atom. The maximum Gasteiger partial charge on any atom is 0.416 e. The summed E-state index contributed by atoms with van der Waals surface area (Å²) in [6.07, 6.45) is -1.98. The number of hydrogen-bond acceptors (Lipinski definition) is 5. The van der Waals surface area contributed by atoms with Crippen LogP contribution in [0.1, 0.15) is 52.0 Å². The van der Waals surface area contributed by atoms with Crippen molar-refractivity contribution in [3.05, 3.63) is 70.4 Å². The van der Waals surface area contributed by atoms with Gasteiger partial charge in [-0.1, -0.05) is 11.6 Å². The molecule has 2 aromatic heterocycles. The Labute approximate surface area is 192 Å². The van der Waals surface area contributed by atoms with Gasteiger partial charge in [-0.05, 0) is 44.2 Å².